The maximum atomic E-state index is 12.8. The fourth-order valence-electron chi connectivity index (χ4n) is 3.40. The van der Waals surface area contributed by atoms with Gasteiger partial charge in [-0.1, -0.05) is 59.8 Å². The second kappa shape index (κ2) is 10.3. The minimum Gasteiger partial charge on any atom is -0.352 e. The lowest BCUT2D eigenvalue weighted by Crippen LogP contribution is -2.31. The van der Waals surface area contributed by atoms with Gasteiger partial charge >= 0.3 is 0 Å². The van der Waals surface area contributed by atoms with Gasteiger partial charge in [-0.25, -0.2) is 8.42 Å². The van der Waals surface area contributed by atoms with Gasteiger partial charge in [0.2, 0.25) is 10.0 Å². The van der Waals surface area contributed by atoms with Gasteiger partial charge in [-0.3, -0.25) is 4.79 Å². The highest BCUT2D eigenvalue weighted by molar-refractivity contribution is 7.89. The number of nitrogens with zero attached hydrogens (tertiary/aromatic N) is 1. The Hall–Kier alpha value is -1.31. The fraction of sp³-hybridized carbons (Fsp3) is 0.381. The Morgan fingerprint density at radius 1 is 0.900 bits per heavy atom. The first-order valence-electron chi connectivity index (χ1n) is 9.81. The van der Waals surface area contributed by atoms with Crippen LogP contribution in [0.4, 0.5) is 0 Å². The van der Waals surface area contributed by atoms with E-state index in [1.807, 2.05) is 0 Å². The summed E-state index contributed by atoms with van der Waals surface area (Å²) in [5.41, 5.74) is 1.05. The molecule has 0 atom stereocenters. The molecule has 9 heteroatoms. The van der Waals surface area contributed by atoms with Crippen LogP contribution in [-0.4, -0.2) is 38.3 Å². The molecule has 0 unspecified atom stereocenters. The molecule has 1 aliphatic rings. The van der Waals surface area contributed by atoms with Crippen molar-refractivity contribution in [3.8, 4) is 0 Å². The van der Waals surface area contributed by atoms with Gasteiger partial charge in [-0.2, -0.15) is 4.31 Å². The van der Waals surface area contributed by atoms with Crippen molar-refractivity contribution in [1.82, 2.24) is 9.62 Å². The van der Waals surface area contributed by atoms with Gasteiger partial charge in [0.1, 0.15) is 0 Å². The molecule has 3 rings (SSSR count). The summed E-state index contributed by atoms with van der Waals surface area (Å²) in [7, 11) is -3.46. The van der Waals surface area contributed by atoms with Crippen LogP contribution < -0.4 is 5.32 Å². The normalized spacial score (nSPS) is 15.6. The highest BCUT2D eigenvalue weighted by Gasteiger charge is 2.25. The predicted octanol–water partition coefficient (Wildman–Crippen LogP) is 5.18. The SMILES string of the molecule is O=C(NCCc1ccc(S(=O)(=O)N2CCCCCC2)cc1)c1c(Cl)ccc(Cl)c1Cl. The second-order valence-corrected chi connectivity index (χ2v) is 10.3. The maximum Gasteiger partial charge on any atom is 0.254 e. The highest BCUT2D eigenvalue weighted by Crippen LogP contribution is 2.31. The van der Waals surface area contributed by atoms with Crippen molar-refractivity contribution < 1.29 is 13.2 Å². The summed E-state index contributed by atoms with van der Waals surface area (Å²) in [5, 5.41) is 3.37. The van der Waals surface area contributed by atoms with Crippen LogP contribution >= 0.6 is 34.8 Å². The standard InChI is InChI=1S/C21H23Cl3N2O3S/c22-17-9-10-18(23)20(24)19(17)21(27)25-12-11-15-5-7-16(8-6-15)30(28,29)26-13-3-1-2-4-14-26/h5-10H,1-4,11-14H2,(H,25,27). The number of rotatable bonds is 6. The topological polar surface area (TPSA) is 66.5 Å². The molecule has 1 N–H and O–H groups in total. The Kier molecular flexibility index (Phi) is 8.04. The summed E-state index contributed by atoms with van der Waals surface area (Å²) in [6, 6.07) is 9.86. The summed E-state index contributed by atoms with van der Waals surface area (Å²) < 4.78 is 27.2. The first-order valence-corrected chi connectivity index (χ1v) is 12.4. The van der Waals surface area contributed by atoms with E-state index in [9.17, 15) is 13.2 Å². The summed E-state index contributed by atoms with van der Waals surface area (Å²) in [4.78, 5) is 12.7. The van der Waals surface area contributed by atoms with E-state index in [0.717, 1.165) is 31.2 Å². The van der Waals surface area contributed by atoms with E-state index in [2.05, 4.69) is 5.32 Å². The molecule has 2 aromatic rings. The molecule has 1 saturated heterocycles. The summed E-state index contributed by atoms with van der Waals surface area (Å²) in [6.07, 6.45) is 4.48. The minimum atomic E-state index is -3.46. The van der Waals surface area contributed by atoms with E-state index < -0.39 is 15.9 Å². The molecule has 1 amide bonds. The van der Waals surface area contributed by atoms with Gasteiger partial charge in [0, 0.05) is 19.6 Å². The second-order valence-electron chi connectivity index (χ2n) is 7.19. The van der Waals surface area contributed by atoms with Crippen LogP contribution in [0.15, 0.2) is 41.3 Å². The van der Waals surface area contributed by atoms with Crippen LogP contribution in [0.1, 0.15) is 41.6 Å². The molecule has 0 aliphatic carbocycles. The first kappa shape index (κ1) is 23.4. The van der Waals surface area contributed by atoms with Crippen molar-refractivity contribution in [2.24, 2.45) is 0 Å². The summed E-state index contributed by atoms with van der Waals surface area (Å²) >= 11 is 18.1. The highest BCUT2D eigenvalue weighted by atomic mass is 35.5. The molecule has 0 spiro atoms. The van der Waals surface area contributed by atoms with E-state index in [-0.39, 0.29) is 20.6 Å². The number of carbonyl (C=O) groups is 1. The summed E-state index contributed by atoms with van der Waals surface area (Å²) in [6.45, 7) is 1.49. The van der Waals surface area contributed by atoms with Gasteiger partial charge in [0.15, 0.2) is 0 Å². The van der Waals surface area contributed by atoms with E-state index in [4.69, 9.17) is 34.8 Å². The van der Waals surface area contributed by atoms with Gasteiger partial charge in [0.25, 0.3) is 5.91 Å². The predicted molar refractivity (Wildman–Crippen MR) is 121 cm³/mol. The zero-order valence-electron chi connectivity index (χ0n) is 16.3. The number of halogens is 3. The molecule has 1 aliphatic heterocycles. The largest absolute Gasteiger partial charge is 0.352 e. The molecule has 1 fully saturated rings. The third-order valence-electron chi connectivity index (χ3n) is 5.10. The van der Waals surface area contributed by atoms with E-state index in [1.165, 1.54) is 12.1 Å². The monoisotopic (exact) mass is 488 g/mol. The Balaban J connectivity index is 1.60. The van der Waals surface area contributed by atoms with Gasteiger partial charge in [-0.05, 0) is 49.1 Å². The molecule has 0 bridgehead atoms. The van der Waals surface area contributed by atoms with Gasteiger partial charge in [0.05, 0.1) is 25.5 Å². The van der Waals surface area contributed by atoms with Crippen molar-refractivity contribution in [2.75, 3.05) is 19.6 Å². The summed E-state index contributed by atoms with van der Waals surface area (Å²) in [5.74, 6) is -0.409. The Bertz CT molecular complexity index is 1000. The molecule has 1 heterocycles. The number of sulfonamides is 1. The van der Waals surface area contributed by atoms with Crippen LogP contribution in [0.5, 0.6) is 0 Å². The molecule has 5 nitrogen and oxygen atoms in total. The third-order valence-corrected chi connectivity index (χ3v) is 8.13. The third kappa shape index (κ3) is 5.48. The van der Waals surface area contributed by atoms with E-state index >= 15 is 0 Å². The van der Waals surface area contributed by atoms with Crippen LogP contribution in [0.2, 0.25) is 15.1 Å². The quantitative estimate of drug-likeness (QED) is 0.568. The molecule has 0 aromatic heterocycles. The fourth-order valence-corrected chi connectivity index (χ4v) is 5.62. The number of hydrogen-bond donors (Lipinski definition) is 1. The minimum absolute atomic E-state index is 0.115. The van der Waals surface area contributed by atoms with Crippen molar-refractivity contribution >= 4 is 50.7 Å². The van der Waals surface area contributed by atoms with Crippen molar-refractivity contribution in [2.45, 2.75) is 37.0 Å². The lowest BCUT2D eigenvalue weighted by atomic mass is 10.1. The van der Waals surface area contributed by atoms with Crippen LogP contribution in [0, 0.1) is 0 Å². The molecular formula is C21H23Cl3N2O3S. The lowest BCUT2D eigenvalue weighted by molar-refractivity contribution is 0.0954. The average Bonchev–Trinajstić information content (AvgIpc) is 3.02. The first-order chi connectivity index (χ1) is 14.3. The van der Waals surface area contributed by atoms with Gasteiger partial charge < -0.3 is 5.32 Å². The maximum absolute atomic E-state index is 12.8. The Morgan fingerprint density at radius 2 is 1.50 bits per heavy atom. The van der Waals surface area contributed by atoms with Crippen molar-refractivity contribution in [3.63, 3.8) is 0 Å². The number of benzene rings is 2. The zero-order valence-corrected chi connectivity index (χ0v) is 19.4. The van der Waals surface area contributed by atoms with Crippen LogP contribution in [-0.2, 0) is 16.4 Å². The smallest absolute Gasteiger partial charge is 0.254 e. The lowest BCUT2D eigenvalue weighted by Gasteiger charge is -2.20. The average molecular weight is 490 g/mol. The zero-order chi connectivity index (χ0) is 21.7. The molecule has 162 valence electrons. The Morgan fingerprint density at radius 3 is 2.13 bits per heavy atom. The van der Waals surface area contributed by atoms with Crippen molar-refractivity contribution in [1.29, 1.82) is 0 Å². The molecule has 0 radical (unpaired) electrons. The number of carbonyl (C=O) groups excluding carboxylic acids is 1. The van der Waals surface area contributed by atoms with Crippen LogP contribution in [0.25, 0.3) is 0 Å². The number of nitrogens with one attached hydrogen (secondary N) is 1. The van der Waals surface area contributed by atoms with Gasteiger partial charge in [-0.15, -0.1) is 0 Å². The Labute approximate surface area is 192 Å². The van der Waals surface area contributed by atoms with Crippen LogP contribution in [0.3, 0.4) is 0 Å². The molecule has 0 saturated carbocycles. The number of amides is 1. The molecular weight excluding hydrogens is 467 g/mol. The van der Waals surface area contributed by atoms with Crippen molar-refractivity contribution in [3.05, 3.63) is 62.6 Å². The van der Waals surface area contributed by atoms with E-state index in [0.29, 0.717) is 31.0 Å². The molecule has 2 aromatic carbocycles. The van der Waals surface area contributed by atoms with E-state index in [1.54, 1.807) is 28.6 Å². The molecule has 30 heavy (non-hydrogen) atoms. The number of hydrogen-bond acceptors (Lipinski definition) is 3.